The van der Waals surface area contributed by atoms with Crippen molar-refractivity contribution < 1.29 is 24.0 Å². The van der Waals surface area contributed by atoms with Crippen LogP contribution in [-0.4, -0.2) is 16.0 Å². The highest BCUT2D eigenvalue weighted by molar-refractivity contribution is 6.30. The van der Waals surface area contributed by atoms with Crippen molar-refractivity contribution in [3.63, 3.8) is 0 Å². The second-order valence-corrected chi connectivity index (χ2v) is 4.35. The molecule has 0 aromatic heterocycles. The van der Waals surface area contributed by atoms with Crippen LogP contribution >= 0.6 is 11.6 Å². The number of nitro benzene ring substituents is 1. The van der Waals surface area contributed by atoms with Gasteiger partial charge in [-0.2, -0.15) is 0 Å². The molecule has 1 N–H and O–H groups in total. The fourth-order valence-electron chi connectivity index (χ4n) is 1.56. The third kappa shape index (κ3) is 3.26. The minimum absolute atomic E-state index is 0.199. The van der Waals surface area contributed by atoms with E-state index in [4.69, 9.17) is 21.4 Å². The zero-order valence-corrected chi connectivity index (χ0v) is 11.0. The predicted octanol–water partition coefficient (Wildman–Crippen LogP) is 3.88. The van der Waals surface area contributed by atoms with Crippen LogP contribution in [-0.2, 0) is 0 Å². The van der Waals surface area contributed by atoms with Gasteiger partial charge in [-0.1, -0.05) is 11.6 Å². The lowest BCUT2D eigenvalue weighted by atomic mass is 10.1. The van der Waals surface area contributed by atoms with Crippen LogP contribution in [0.3, 0.4) is 0 Å². The zero-order chi connectivity index (χ0) is 15.6. The fraction of sp³-hybridized carbons (Fsp3) is 0. The van der Waals surface area contributed by atoms with Gasteiger partial charge < -0.3 is 9.84 Å². The first-order chi connectivity index (χ1) is 9.88. The summed E-state index contributed by atoms with van der Waals surface area (Å²) in [4.78, 5) is 20.9. The molecule has 108 valence electrons. The number of aromatic carboxylic acids is 1. The van der Waals surface area contributed by atoms with E-state index in [0.717, 1.165) is 6.07 Å². The molecule has 0 fully saturated rings. The molecule has 0 bridgehead atoms. The highest BCUT2D eigenvalue weighted by Gasteiger charge is 2.23. The molecule has 0 saturated heterocycles. The van der Waals surface area contributed by atoms with Crippen LogP contribution < -0.4 is 4.74 Å². The second kappa shape index (κ2) is 5.76. The van der Waals surface area contributed by atoms with Crippen LogP contribution in [0, 0.1) is 15.9 Å². The molecule has 2 rings (SSSR count). The Kier molecular flexibility index (Phi) is 4.04. The van der Waals surface area contributed by atoms with Gasteiger partial charge in [0.1, 0.15) is 11.6 Å². The second-order valence-electron chi connectivity index (χ2n) is 3.92. The molecule has 0 aliphatic carbocycles. The summed E-state index contributed by atoms with van der Waals surface area (Å²) in [6.45, 7) is 0. The minimum Gasteiger partial charge on any atom is -0.478 e. The summed E-state index contributed by atoms with van der Waals surface area (Å²) in [6.07, 6.45) is 0. The van der Waals surface area contributed by atoms with Crippen molar-refractivity contribution in [3.05, 3.63) is 62.9 Å². The molecule has 0 heterocycles. The summed E-state index contributed by atoms with van der Waals surface area (Å²) >= 11 is 5.69. The number of nitrogens with zero attached hydrogens (tertiary/aromatic N) is 1. The van der Waals surface area contributed by atoms with Crippen LogP contribution in [0.1, 0.15) is 10.4 Å². The molecule has 0 atom stereocenters. The van der Waals surface area contributed by atoms with Crippen molar-refractivity contribution in [2.75, 3.05) is 0 Å². The lowest BCUT2D eigenvalue weighted by Gasteiger charge is -2.08. The van der Waals surface area contributed by atoms with Crippen molar-refractivity contribution in [2.45, 2.75) is 0 Å². The van der Waals surface area contributed by atoms with Crippen LogP contribution in [0.5, 0.6) is 11.5 Å². The molecule has 21 heavy (non-hydrogen) atoms. The lowest BCUT2D eigenvalue weighted by Crippen LogP contribution is -2.03. The van der Waals surface area contributed by atoms with Crippen LogP contribution in [0.25, 0.3) is 0 Å². The number of carboxylic acids is 1. The standard InChI is InChI=1S/C13H7ClFNO5/c14-7-1-3-8(4-2-7)21-12-5-9(13(17)18)10(15)6-11(12)16(19)20/h1-6H,(H,17,18). The van der Waals surface area contributed by atoms with Gasteiger partial charge >= 0.3 is 11.7 Å². The first-order valence-corrected chi connectivity index (χ1v) is 5.91. The first-order valence-electron chi connectivity index (χ1n) is 5.53. The van der Waals surface area contributed by atoms with E-state index in [-0.39, 0.29) is 11.5 Å². The summed E-state index contributed by atoms with van der Waals surface area (Å²) in [6, 6.07) is 7.14. The van der Waals surface area contributed by atoms with Crippen molar-refractivity contribution in [1.82, 2.24) is 0 Å². The van der Waals surface area contributed by atoms with Crippen molar-refractivity contribution >= 4 is 23.3 Å². The van der Waals surface area contributed by atoms with E-state index in [9.17, 15) is 19.3 Å². The Hall–Kier alpha value is -2.67. The molecule has 2 aromatic carbocycles. The van der Waals surface area contributed by atoms with Crippen molar-refractivity contribution in [1.29, 1.82) is 0 Å². The maximum Gasteiger partial charge on any atom is 0.338 e. The van der Waals surface area contributed by atoms with E-state index < -0.39 is 28.0 Å². The van der Waals surface area contributed by atoms with Gasteiger partial charge in [-0.05, 0) is 24.3 Å². The van der Waals surface area contributed by atoms with Crippen LogP contribution in [0.15, 0.2) is 36.4 Å². The zero-order valence-electron chi connectivity index (χ0n) is 10.2. The van der Waals surface area contributed by atoms with Crippen molar-refractivity contribution in [2.24, 2.45) is 0 Å². The average molecular weight is 312 g/mol. The lowest BCUT2D eigenvalue weighted by molar-refractivity contribution is -0.385. The van der Waals surface area contributed by atoms with E-state index in [1.54, 1.807) is 0 Å². The smallest absolute Gasteiger partial charge is 0.338 e. The summed E-state index contributed by atoms with van der Waals surface area (Å²) in [5.41, 5.74) is -1.39. The van der Waals surface area contributed by atoms with E-state index in [0.29, 0.717) is 11.1 Å². The van der Waals surface area contributed by atoms with E-state index >= 15 is 0 Å². The molecule has 0 radical (unpaired) electrons. The average Bonchev–Trinajstić information content (AvgIpc) is 2.42. The Morgan fingerprint density at radius 2 is 1.90 bits per heavy atom. The predicted molar refractivity (Wildman–Crippen MR) is 71.5 cm³/mol. The van der Waals surface area contributed by atoms with E-state index in [1.165, 1.54) is 24.3 Å². The summed E-state index contributed by atoms with van der Waals surface area (Å²) in [5.74, 6) is -2.94. The molecular formula is C13H7ClFNO5. The van der Waals surface area contributed by atoms with Gasteiger partial charge in [0, 0.05) is 11.1 Å². The van der Waals surface area contributed by atoms with Gasteiger partial charge in [-0.25, -0.2) is 9.18 Å². The molecule has 0 unspecified atom stereocenters. The summed E-state index contributed by atoms with van der Waals surface area (Å²) in [7, 11) is 0. The topological polar surface area (TPSA) is 89.7 Å². The maximum absolute atomic E-state index is 13.5. The normalized spacial score (nSPS) is 10.2. The summed E-state index contributed by atoms with van der Waals surface area (Å²) in [5, 5.41) is 20.2. The Morgan fingerprint density at radius 1 is 1.29 bits per heavy atom. The number of ether oxygens (including phenoxy) is 1. The van der Waals surface area contributed by atoms with Gasteiger partial charge in [-0.3, -0.25) is 10.1 Å². The van der Waals surface area contributed by atoms with Crippen molar-refractivity contribution in [3.8, 4) is 11.5 Å². The summed E-state index contributed by atoms with van der Waals surface area (Å²) < 4.78 is 18.7. The quantitative estimate of drug-likeness (QED) is 0.683. The van der Waals surface area contributed by atoms with E-state index in [1.807, 2.05) is 0 Å². The largest absolute Gasteiger partial charge is 0.478 e. The van der Waals surface area contributed by atoms with Crippen LogP contribution in [0.2, 0.25) is 5.02 Å². The van der Waals surface area contributed by atoms with Gasteiger partial charge in [0.15, 0.2) is 0 Å². The number of halogens is 2. The maximum atomic E-state index is 13.5. The molecular weight excluding hydrogens is 305 g/mol. The van der Waals surface area contributed by atoms with Gasteiger partial charge in [0.05, 0.1) is 16.6 Å². The van der Waals surface area contributed by atoms with Gasteiger partial charge in [-0.15, -0.1) is 0 Å². The number of hydrogen-bond acceptors (Lipinski definition) is 4. The molecule has 0 saturated carbocycles. The third-order valence-corrected chi connectivity index (χ3v) is 2.77. The molecule has 8 heteroatoms. The number of rotatable bonds is 4. The highest BCUT2D eigenvalue weighted by atomic mass is 35.5. The molecule has 6 nitrogen and oxygen atoms in total. The fourth-order valence-corrected chi connectivity index (χ4v) is 1.69. The van der Waals surface area contributed by atoms with Gasteiger partial charge in [0.2, 0.25) is 5.75 Å². The molecule has 0 amide bonds. The van der Waals surface area contributed by atoms with E-state index in [2.05, 4.69) is 0 Å². The number of carbonyl (C=O) groups is 1. The third-order valence-electron chi connectivity index (χ3n) is 2.52. The number of hydrogen-bond donors (Lipinski definition) is 1. The Labute approximate surface area is 122 Å². The molecule has 0 aliphatic rings. The Morgan fingerprint density at radius 3 is 2.43 bits per heavy atom. The number of carboxylic acid groups (broad SMARTS) is 1. The Balaban J connectivity index is 2.49. The Bertz CT molecular complexity index is 717. The minimum atomic E-state index is -1.55. The molecule has 2 aromatic rings. The SMILES string of the molecule is O=C(O)c1cc(Oc2ccc(Cl)cc2)c([N+](=O)[O-])cc1F. The number of nitro groups is 1. The first kappa shape index (κ1) is 14.7. The highest BCUT2D eigenvalue weighted by Crippen LogP contribution is 2.34. The monoisotopic (exact) mass is 311 g/mol. The van der Waals surface area contributed by atoms with Gasteiger partial charge in [0.25, 0.3) is 0 Å². The number of benzene rings is 2. The van der Waals surface area contributed by atoms with Crippen LogP contribution in [0.4, 0.5) is 10.1 Å². The molecule has 0 spiro atoms. The molecule has 0 aliphatic heterocycles.